The van der Waals surface area contributed by atoms with Crippen molar-refractivity contribution in [1.29, 1.82) is 0 Å². The topological polar surface area (TPSA) is 21.3 Å². The van der Waals surface area contributed by atoms with Crippen molar-refractivity contribution in [1.82, 2.24) is 5.32 Å². The van der Waals surface area contributed by atoms with E-state index >= 15 is 0 Å². The average molecular weight is 338 g/mol. The summed E-state index contributed by atoms with van der Waals surface area (Å²) >= 11 is 3.36. The summed E-state index contributed by atoms with van der Waals surface area (Å²) in [5, 5.41) is 3.32. The molecule has 2 nitrogen and oxygen atoms in total. The van der Waals surface area contributed by atoms with Gasteiger partial charge in [-0.25, -0.2) is 4.39 Å². The monoisotopic (exact) mass is 337 g/mol. The zero-order valence-corrected chi connectivity index (χ0v) is 13.1. The van der Waals surface area contributed by atoms with Crippen molar-refractivity contribution in [2.24, 2.45) is 0 Å². The van der Waals surface area contributed by atoms with Gasteiger partial charge in [0.05, 0.1) is 7.11 Å². The summed E-state index contributed by atoms with van der Waals surface area (Å²) in [6.45, 7) is 2.54. The number of benzene rings is 2. The van der Waals surface area contributed by atoms with E-state index in [1.54, 1.807) is 19.2 Å². The lowest BCUT2D eigenvalue weighted by atomic mass is 10.1. The molecule has 0 aliphatic rings. The predicted octanol–water partition coefficient (Wildman–Crippen LogP) is 4.45. The first-order valence-electron chi connectivity index (χ1n) is 6.41. The quantitative estimate of drug-likeness (QED) is 0.870. The highest BCUT2D eigenvalue weighted by molar-refractivity contribution is 9.10. The fourth-order valence-electron chi connectivity index (χ4n) is 1.95. The van der Waals surface area contributed by atoms with Crippen LogP contribution in [0.5, 0.6) is 5.75 Å². The molecule has 2 rings (SSSR count). The first-order chi connectivity index (χ1) is 9.60. The minimum atomic E-state index is -0.192. The third-order valence-electron chi connectivity index (χ3n) is 3.22. The number of nitrogens with one attached hydrogen (secondary N) is 1. The molecular weight excluding hydrogens is 321 g/mol. The van der Waals surface area contributed by atoms with E-state index in [4.69, 9.17) is 4.74 Å². The first kappa shape index (κ1) is 15.0. The van der Waals surface area contributed by atoms with E-state index < -0.39 is 0 Å². The zero-order chi connectivity index (χ0) is 14.5. The Kier molecular flexibility index (Phi) is 5.15. The van der Waals surface area contributed by atoms with Gasteiger partial charge in [-0.05, 0) is 42.8 Å². The van der Waals surface area contributed by atoms with Crippen molar-refractivity contribution in [2.75, 3.05) is 7.11 Å². The van der Waals surface area contributed by atoms with Gasteiger partial charge in [0, 0.05) is 22.6 Å². The van der Waals surface area contributed by atoms with Gasteiger partial charge in [-0.2, -0.15) is 0 Å². The molecule has 2 aromatic carbocycles. The highest BCUT2D eigenvalue weighted by atomic mass is 79.9. The Morgan fingerprint density at radius 2 is 1.90 bits per heavy atom. The summed E-state index contributed by atoms with van der Waals surface area (Å²) in [5.41, 5.74) is 1.79. The second-order valence-electron chi connectivity index (χ2n) is 4.61. The van der Waals surface area contributed by atoms with Crippen LogP contribution in [0.1, 0.15) is 24.1 Å². The highest BCUT2D eigenvalue weighted by Crippen LogP contribution is 2.19. The smallest absolute Gasteiger partial charge is 0.127 e. The van der Waals surface area contributed by atoms with E-state index in [1.165, 1.54) is 6.07 Å². The largest absolute Gasteiger partial charge is 0.497 e. The maximum atomic E-state index is 13.6. The van der Waals surface area contributed by atoms with Crippen LogP contribution in [0.4, 0.5) is 4.39 Å². The van der Waals surface area contributed by atoms with Crippen LogP contribution < -0.4 is 10.1 Å². The summed E-state index contributed by atoms with van der Waals surface area (Å²) in [6, 6.07) is 13.0. The van der Waals surface area contributed by atoms with Gasteiger partial charge in [0.25, 0.3) is 0 Å². The fraction of sp³-hybridized carbons (Fsp3) is 0.250. The van der Waals surface area contributed by atoms with Gasteiger partial charge in [-0.1, -0.05) is 28.1 Å². The lowest BCUT2D eigenvalue weighted by Gasteiger charge is -2.15. The molecule has 1 atom stereocenters. The molecule has 0 saturated heterocycles. The summed E-state index contributed by atoms with van der Waals surface area (Å²) in [6.07, 6.45) is 0. The molecule has 4 heteroatoms. The number of halogens is 2. The molecule has 1 N–H and O–H groups in total. The van der Waals surface area contributed by atoms with Crippen LogP contribution >= 0.6 is 15.9 Å². The van der Waals surface area contributed by atoms with E-state index in [0.717, 1.165) is 15.8 Å². The number of ether oxygens (including phenoxy) is 1. The van der Waals surface area contributed by atoms with Crippen molar-refractivity contribution < 1.29 is 9.13 Å². The average Bonchev–Trinajstić information content (AvgIpc) is 2.48. The van der Waals surface area contributed by atoms with Gasteiger partial charge in [-0.15, -0.1) is 0 Å². The zero-order valence-electron chi connectivity index (χ0n) is 11.5. The van der Waals surface area contributed by atoms with Gasteiger partial charge in [0.15, 0.2) is 0 Å². The van der Waals surface area contributed by atoms with E-state index in [-0.39, 0.29) is 11.9 Å². The Hall–Kier alpha value is -1.39. The van der Waals surface area contributed by atoms with Crippen LogP contribution in [-0.4, -0.2) is 7.11 Å². The molecule has 0 heterocycles. The van der Waals surface area contributed by atoms with Crippen LogP contribution in [-0.2, 0) is 6.54 Å². The SMILES string of the molecule is COc1ccc([C@@H](C)NCc2cc(Br)ccc2F)cc1. The molecule has 0 fully saturated rings. The lowest BCUT2D eigenvalue weighted by Crippen LogP contribution is -2.18. The first-order valence-corrected chi connectivity index (χ1v) is 7.20. The number of hydrogen-bond acceptors (Lipinski definition) is 2. The van der Waals surface area contributed by atoms with E-state index in [2.05, 4.69) is 28.2 Å². The molecule has 0 amide bonds. The van der Waals surface area contributed by atoms with Gasteiger partial charge < -0.3 is 10.1 Å². The molecule has 0 radical (unpaired) electrons. The maximum absolute atomic E-state index is 13.6. The molecule has 0 unspecified atom stereocenters. The Morgan fingerprint density at radius 3 is 2.55 bits per heavy atom. The van der Waals surface area contributed by atoms with E-state index in [0.29, 0.717) is 12.1 Å². The Bertz CT molecular complexity index is 571. The minimum Gasteiger partial charge on any atom is -0.497 e. The van der Waals surface area contributed by atoms with Crippen molar-refractivity contribution in [3.8, 4) is 5.75 Å². The minimum absolute atomic E-state index is 0.138. The van der Waals surface area contributed by atoms with E-state index in [1.807, 2.05) is 24.3 Å². The molecule has 0 aliphatic carbocycles. The Balaban J connectivity index is 2.00. The second kappa shape index (κ2) is 6.86. The predicted molar refractivity (Wildman–Crippen MR) is 82.3 cm³/mol. The lowest BCUT2D eigenvalue weighted by molar-refractivity contribution is 0.414. The molecule has 106 valence electrons. The fourth-order valence-corrected chi connectivity index (χ4v) is 2.36. The Morgan fingerprint density at radius 1 is 1.20 bits per heavy atom. The van der Waals surface area contributed by atoms with Crippen molar-refractivity contribution >= 4 is 15.9 Å². The maximum Gasteiger partial charge on any atom is 0.127 e. The van der Waals surface area contributed by atoms with Gasteiger partial charge in [0.1, 0.15) is 11.6 Å². The summed E-state index contributed by atoms with van der Waals surface area (Å²) in [4.78, 5) is 0. The van der Waals surface area contributed by atoms with Gasteiger partial charge in [-0.3, -0.25) is 0 Å². The number of methoxy groups -OCH3 is 1. The summed E-state index contributed by atoms with van der Waals surface area (Å²) in [7, 11) is 1.65. The van der Waals surface area contributed by atoms with Crippen LogP contribution in [0.25, 0.3) is 0 Å². The number of rotatable bonds is 5. The highest BCUT2D eigenvalue weighted by Gasteiger charge is 2.07. The standard InChI is InChI=1S/C16H17BrFNO/c1-11(12-3-6-15(20-2)7-4-12)19-10-13-9-14(17)5-8-16(13)18/h3-9,11,19H,10H2,1-2H3/t11-/m1/s1. The Labute approximate surface area is 127 Å². The van der Waals surface area contributed by atoms with E-state index in [9.17, 15) is 4.39 Å². The van der Waals surface area contributed by atoms with Crippen LogP contribution in [0, 0.1) is 5.82 Å². The molecule has 2 aromatic rings. The van der Waals surface area contributed by atoms with Gasteiger partial charge in [0.2, 0.25) is 0 Å². The second-order valence-corrected chi connectivity index (χ2v) is 5.53. The normalized spacial score (nSPS) is 12.2. The molecule has 0 bridgehead atoms. The molecule has 20 heavy (non-hydrogen) atoms. The summed E-state index contributed by atoms with van der Waals surface area (Å²) < 4.78 is 19.7. The molecule has 0 aliphatic heterocycles. The third kappa shape index (κ3) is 3.81. The van der Waals surface area contributed by atoms with Crippen LogP contribution in [0.2, 0.25) is 0 Å². The van der Waals surface area contributed by atoms with Crippen LogP contribution in [0.15, 0.2) is 46.9 Å². The molecular formula is C16H17BrFNO. The molecule has 0 saturated carbocycles. The van der Waals surface area contributed by atoms with Crippen molar-refractivity contribution in [3.63, 3.8) is 0 Å². The van der Waals surface area contributed by atoms with Crippen molar-refractivity contribution in [3.05, 3.63) is 63.9 Å². The van der Waals surface area contributed by atoms with Crippen molar-refractivity contribution in [2.45, 2.75) is 19.5 Å². The summed E-state index contributed by atoms with van der Waals surface area (Å²) in [5.74, 6) is 0.640. The third-order valence-corrected chi connectivity index (χ3v) is 3.72. The molecule has 0 aromatic heterocycles. The molecule has 0 spiro atoms. The van der Waals surface area contributed by atoms with Gasteiger partial charge >= 0.3 is 0 Å². The van der Waals surface area contributed by atoms with Crippen LogP contribution in [0.3, 0.4) is 0 Å². The number of hydrogen-bond donors (Lipinski definition) is 1.